The van der Waals surface area contributed by atoms with Crippen molar-refractivity contribution < 1.29 is 4.74 Å². The Labute approximate surface area is 121 Å². The molecule has 0 radical (unpaired) electrons. The summed E-state index contributed by atoms with van der Waals surface area (Å²) in [4.78, 5) is 12.6. The molecule has 1 aromatic carbocycles. The molecule has 0 aliphatic rings. The molecule has 0 fully saturated rings. The molecule has 0 saturated carbocycles. The largest absolute Gasteiger partial charge is 0.494 e. The topological polar surface area (TPSA) is 91.7 Å². The standard InChI is InChI=1S/C14H14N6O/c1-2-21-11-6-3-5-10(9-11)12-17-13(15)19-14(18-12)20-8-4-7-16-20/h3-9H,2H2,1H3,(H2,15,17,18,19). The number of nitrogens with two attached hydrogens (primary N) is 1. The second-order valence-corrected chi connectivity index (χ2v) is 4.23. The number of aromatic nitrogens is 5. The lowest BCUT2D eigenvalue weighted by atomic mass is 10.2. The second-order valence-electron chi connectivity index (χ2n) is 4.23. The van der Waals surface area contributed by atoms with Crippen molar-refractivity contribution in [2.24, 2.45) is 0 Å². The number of ether oxygens (including phenoxy) is 1. The zero-order chi connectivity index (χ0) is 14.7. The fourth-order valence-electron chi connectivity index (χ4n) is 1.89. The van der Waals surface area contributed by atoms with Crippen LogP contribution in [-0.2, 0) is 0 Å². The van der Waals surface area contributed by atoms with Crippen molar-refractivity contribution in [3.05, 3.63) is 42.7 Å². The number of anilines is 1. The van der Waals surface area contributed by atoms with Crippen molar-refractivity contribution in [3.8, 4) is 23.1 Å². The molecule has 0 aliphatic heterocycles. The monoisotopic (exact) mass is 282 g/mol. The highest BCUT2D eigenvalue weighted by atomic mass is 16.5. The van der Waals surface area contributed by atoms with Crippen molar-refractivity contribution in [1.29, 1.82) is 0 Å². The van der Waals surface area contributed by atoms with Gasteiger partial charge in [0.2, 0.25) is 5.95 Å². The second kappa shape index (κ2) is 5.58. The average molecular weight is 282 g/mol. The van der Waals surface area contributed by atoms with Crippen molar-refractivity contribution in [2.75, 3.05) is 12.3 Å². The molecule has 2 N–H and O–H groups in total. The maximum atomic E-state index is 5.76. The lowest BCUT2D eigenvalue weighted by Gasteiger charge is -2.07. The van der Waals surface area contributed by atoms with Crippen LogP contribution in [-0.4, -0.2) is 31.3 Å². The Morgan fingerprint density at radius 2 is 2.10 bits per heavy atom. The summed E-state index contributed by atoms with van der Waals surface area (Å²) in [6, 6.07) is 9.31. The summed E-state index contributed by atoms with van der Waals surface area (Å²) in [7, 11) is 0. The van der Waals surface area contributed by atoms with E-state index in [2.05, 4.69) is 20.1 Å². The highest BCUT2D eigenvalue weighted by Crippen LogP contribution is 2.21. The molecule has 0 saturated heterocycles. The maximum absolute atomic E-state index is 5.76. The van der Waals surface area contributed by atoms with Gasteiger partial charge in [0.1, 0.15) is 5.75 Å². The van der Waals surface area contributed by atoms with Gasteiger partial charge in [-0.2, -0.15) is 20.1 Å². The van der Waals surface area contributed by atoms with Crippen LogP contribution >= 0.6 is 0 Å². The van der Waals surface area contributed by atoms with Gasteiger partial charge in [-0.15, -0.1) is 0 Å². The Morgan fingerprint density at radius 1 is 1.19 bits per heavy atom. The van der Waals surface area contributed by atoms with Gasteiger partial charge in [0.05, 0.1) is 6.61 Å². The van der Waals surface area contributed by atoms with E-state index in [4.69, 9.17) is 10.5 Å². The van der Waals surface area contributed by atoms with Gasteiger partial charge >= 0.3 is 0 Å². The van der Waals surface area contributed by atoms with Gasteiger partial charge in [-0.05, 0) is 25.1 Å². The maximum Gasteiger partial charge on any atom is 0.255 e. The Bertz CT molecular complexity index is 741. The molecule has 0 amide bonds. The Hall–Kier alpha value is -2.96. The highest BCUT2D eigenvalue weighted by molar-refractivity contribution is 5.58. The van der Waals surface area contributed by atoms with Crippen LogP contribution in [0.1, 0.15) is 6.92 Å². The molecule has 7 heteroatoms. The molecule has 2 aromatic heterocycles. The highest BCUT2D eigenvalue weighted by Gasteiger charge is 2.09. The van der Waals surface area contributed by atoms with Crippen LogP contribution in [0.15, 0.2) is 42.7 Å². The number of hydrogen-bond acceptors (Lipinski definition) is 6. The first kappa shape index (κ1) is 13.0. The number of nitrogen functional groups attached to an aromatic ring is 1. The van der Waals surface area contributed by atoms with Crippen molar-refractivity contribution in [2.45, 2.75) is 6.92 Å². The smallest absolute Gasteiger partial charge is 0.255 e. The van der Waals surface area contributed by atoms with Crippen LogP contribution in [0.3, 0.4) is 0 Å². The van der Waals surface area contributed by atoms with E-state index < -0.39 is 0 Å². The van der Waals surface area contributed by atoms with E-state index in [1.54, 1.807) is 18.5 Å². The van der Waals surface area contributed by atoms with E-state index in [0.717, 1.165) is 11.3 Å². The van der Waals surface area contributed by atoms with E-state index in [0.29, 0.717) is 18.4 Å². The first-order valence-electron chi connectivity index (χ1n) is 6.51. The molecule has 0 unspecified atom stereocenters. The number of rotatable bonds is 4. The summed E-state index contributed by atoms with van der Waals surface area (Å²) in [6.45, 7) is 2.53. The third kappa shape index (κ3) is 2.81. The quantitative estimate of drug-likeness (QED) is 0.783. The normalized spacial score (nSPS) is 10.5. The van der Waals surface area contributed by atoms with Crippen LogP contribution in [0.5, 0.6) is 5.75 Å². The first-order valence-corrected chi connectivity index (χ1v) is 6.51. The van der Waals surface area contributed by atoms with Gasteiger partial charge in [-0.25, -0.2) is 4.68 Å². The average Bonchev–Trinajstić information content (AvgIpc) is 3.01. The molecule has 0 atom stereocenters. The fraction of sp³-hybridized carbons (Fsp3) is 0.143. The minimum atomic E-state index is 0.146. The molecule has 0 aliphatic carbocycles. The summed E-state index contributed by atoms with van der Waals surface area (Å²) in [5.74, 6) is 1.76. The van der Waals surface area contributed by atoms with Crippen molar-refractivity contribution in [3.63, 3.8) is 0 Å². The summed E-state index contributed by atoms with van der Waals surface area (Å²) in [5, 5.41) is 4.09. The molecule has 3 aromatic rings. The van der Waals surface area contributed by atoms with Gasteiger partial charge < -0.3 is 10.5 Å². The van der Waals surface area contributed by atoms with Gasteiger partial charge in [0, 0.05) is 18.0 Å². The van der Waals surface area contributed by atoms with Crippen LogP contribution < -0.4 is 10.5 Å². The molecule has 106 valence electrons. The minimum Gasteiger partial charge on any atom is -0.494 e. The Morgan fingerprint density at radius 3 is 2.86 bits per heavy atom. The molecular weight excluding hydrogens is 268 g/mol. The van der Waals surface area contributed by atoms with Crippen LogP contribution in [0.2, 0.25) is 0 Å². The lowest BCUT2D eigenvalue weighted by Crippen LogP contribution is -2.08. The summed E-state index contributed by atoms with van der Waals surface area (Å²) in [6.07, 6.45) is 3.39. The van der Waals surface area contributed by atoms with Crippen LogP contribution in [0.25, 0.3) is 17.3 Å². The van der Waals surface area contributed by atoms with Gasteiger partial charge in [-0.3, -0.25) is 0 Å². The predicted molar refractivity (Wildman–Crippen MR) is 78.0 cm³/mol. The van der Waals surface area contributed by atoms with Crippen LogP contribution in [0.4, 0.5) is 5.95 Å². The first-order chi connectivity index (χ1) is 10.3. The van der Waals surface area contributed by atoms with E-state index in [-0.39, 0.29) is 5.95 Å². The number of nitrogens with zero attached hydrogens (tertiary/aromatic N) is 5. The van der Waals surface area contributed by atoms with Gasteiger partial charge in [-0.1, -0.05) is 12.1 Å². The molecule has 2 heterocycles. The molecule has 0 bridgehead atoms. The molecule has 21 heavy (non-hydrogen) atoms. The molecule has 0 spiro atoms. The molecule has 3 rings (SSSR count). The Kier molecular flexibility index (Phi) is 3.46. The zero-order valence-corrected chi connectivity index (χ0v) is 11.5. The van der Waals surface area contributed by atoms with E-state index >= 15 is 0 Å². The minimum absolute atomic E-state index is 0.146. The van der Waals surface area contributed by atoms with Crippen LogP contribution in [0, 0.1) is 0 Å². The lowest BCUT2D eigenvalue weighted by molar-refractivity contribution is 0.340. The van der Waals surface area contributed by atoms with E-state index in [1.165, 1.54) is 4.68 Å². The fourth-order valence-corrected chi connectivity index (χ4v) is 1.89. The third-order valence-corrected chi connectivity index (χ3v) is 2.75. The van der Waals surface area contributed by atoms with Gasteiger partial charge in [0.25, 0.3) is 5.95 Å². The molecule has 7 nitrogen and oxygen atoms in total. The van der Waals surface area contributed by atoms with Gasteiger partial charge in [0.15, 0.2) is 5.82 Å². The third-order valence-electron chi connectivity index (χ3n) is 2.75. The summed E-state index contributed by atoms with van der Waals surface area (Å²) in [5.41, 5.74) is 6.57. The zero-order valence-electron chi connectivity index (χ0n) is 11.5. The molecular formula is C14H14N6O. The SMILES string of the molecule is CCOc1cccc(-c2nc(N)nc(-n3cccn3)n2)c1. The number of benzene rings is 1. The predicted octanol–water partition coefficient (Wildman–Crippen LogP) is 1.71. The van der Waals surface area contributed by atoms with E-state index in [9.17, 15) is 0 Å². The summed E-state index contributed by atoms with van der Waals surface area (Å²) < 4.78 is 7.02. The number of hydrogen-bond donors (Lipinski definition) is 1. The summed E-state index contributed by atoms with van der Waals surface area (Å²) >= 11 is 0. The van der Waals surface area contributed by atoms with Crippen molar-refractivity contribution in [1.82, 2.24) is 24.7 Å². The Balaban J connectivity index is 2.04. The van der Waals surface area contributed by atoms with Crippen molar-refractivity contribution >= 4 is 5.95 Å². The van der Waals surface area contributed by atoms with E-state index in [1.807, 2.05) is 31.2 Å².